The predicted molar refractivity (Wildman–Crippen MR) is 83.5 cm³/mol. The number of carbonyl (C=O) groups is 1. The second-order valence-electron chi connectivity index (χ2n) is 5.11. The lowest BCUT2D eigenvalue weighted by molar-refractivity contribution is 0.0754. The number of aromatic nitrogens is 2. The third-order valence-corrected chi connectivity index (χ3v) is 2.76. The zero-order chi connectivity index (χ0) is 15.5. The van der Waals surface area contributed by atoms with Crippen LogP contribution in [-0.2, 0) is 4.74 Å². The molecule has 1 aromatic rings. The van der Waals surface area contributed by atoms with Crippen LogP contribution in [-0.4, -0.2) is 41.9 Å². The van der Waals surface area contributed by atoms with E-state index in [-0.39, 0.29) is 12.0 Å². The molecule has 0 aliphatic rings. The SMILES string of the molecule is CCCNc1ccc(C(=O)NCCCCOC(C)C)nn1. The van der Waals surface area contributed by atoms with Gasteiger partial charge in [0.15, 0.2) is 5.69 Å². The highest BCUT2D eigenvalue weighted by Gasteiger charge is 2.07. The molecule has 0 aliphatic heterocycles. The molecule has 6 nitrogen and oxygen atoms in total. The normalized spacial score (nSPS) is 10.7. The standard InChI is InChI=1S/C15H26N4O2/c1-4-9-16-14-8-7-13(18-19-14)15(20)17-10-5-6-11-21-12(2)3/h7-8,12H,4-6,9-11H2,1-3H3,(H,16,19)(H,17,20). The van der Waals surface area contributed by atoms with Crippen LogP contribution in [0, 0.1) is 0 Å². The van der Waals surface area contributed by atoms with Gasteiger partial charge in [-0.1, -0.05) is 6.92 Å². The van der Waals surface area contributed by atoms with E-state index in [1.807, 2.05) is 13.8 Å². The van der Waals surface area contributed by atoms with E-state index in [2.05, 4.69) is 27.8 Å². The average molecular weight is 294 g/mol. The van der Waals surface area contributed by atoms with Gasteiger partial charge in [0, 0.05) is 19.7 Å². The highest BCUT2D eigenvalue weighted by atomic mass is 16.5. The molecular formula is C15H26N4O2. The van der Waals surface area contributed by atoms with Crippen molar-refractivity contribution in [3.8, 4) is 0 Å². The summed E-state index contributed by atoms with van der Waals surface area (Å²) < 4.78 is 5.44. The average Bonchev–Trinajstić information content (AvgIpc) is 2.48. The van der Waals surface area contributed by atoms with Crippen molar-refractivity contribution in [1.29, 1.82) is 0 Å². The summed E-state index contributed by atoms with van der Waals surface area (Å²) in [7, 11) is 0. The van der Waals surface area contributed by atoms with E-state index in [0.717, 1.165) is 32.4 Å². The van der Waals surface area contributed by atoms with Gasteiger partial charge in [-0.25, -0.2) is 0 Å². The lowest BCUT2D eigenvalue weighted by atomic mass is 10.3. The number of rotatable bonds is 10. The van der Waals surface area contributed by atoms with Gasteiger partial charge in [-0.3, -0.25) is 4.79 Å². The van der Waals surface area contributed by atoms with Gasteiger partial charge in [0.1, 0.15) is 5.82 Å². The molecule has 0 bridgehead atoms. The molecule has 0 atom stereocenters. The summed E-state index contributed by atoms with van der Waals surface area (Å²) in [6.07, 6.45) is 3.10. The molecule has 1 heterocycles. The predicted octanol–water partition coefficient (Wildman–Crippen LogP) is 2.23. The van der Waals surface area contributed by atoms with Crippen LogP contribution >= 0.6 is 0 Å². The lowest BCUT2D eigenvalue weighted by Crippen LogP contribution is -2.26. The van der Waals surface area contributed by atoms with Crippen LogP contribution in [0.4, 0.5) is 5.82 Å². The number of carbonyl (C=O) groups excluding carboxylic acids is 1. The van der Waals surface area contributed by atoms with Gasteiger partial charge in [0.25, 0.3) is 5.91 Å². The Kier molecular flexibility index (Phi) is 8.35. The van der Waals surface area contributed by atoms with Gasteiger partial charge >= 0.3 is 0 Å². The van der Waals surface area contributed by atoms with Crippen LogP contribution < -0.4 is 10.6 Å². The maximum absolute atomic E-state index is 11.8. The Bertz CT molecular complexity index is 407. The fraction of sp³-hybridized carbons (Fsp3) is 0.667. The number of anilines is 1. The number of unbranched alkanes of at least 4 members (excludes halogenated alkanes) is 1. The minimum Gasteiger partial charge on any atom is -0.379 e. The van der Waals surface area contributed by atoms with E-state index < -0.39 is 0 Å². The van der Waals surface area contributed by atoms with E-state index >= 15 is 0 Å². The Hall–Kier alpha value is -1.69. The summed E-state index contributed by atoms with van der Waals surface area (Å²) in [4.78, 5) is 11.8. The Morgan fingerprint density at radius 1 is 1.24 bits per heavy atom. The van der Waals surface area contributed by atoms with Crippen molar-refractivity contribution in [3.63, 3.8) is 0 Å². The first-order valence-electron chi connectivity index (χ1n) is 7.61. The molecule has 2 N–H and O–H groups in total. The first-order valence-corrected chi connectivity index (χ1v) is 7.61. The second-order valence-corrected chi connectivity index (χ2v) is 5.11. The smallest absolute Gasteiger partial charge is 0.271 e. The number of amides is 1. The van der Waals surface area contributed by atoms with Gasteiger partial charge < -0.3 is 15.4 Å². The Morgan fingerprint density at radius 3 is 2.67 bits per heavy atom. The molecular weight excluding hydrogens is 268 g/mol. The molecule has 118 valence electrons. The molecule has 0 spiro atoms. The molecule has 0 saturated heterocycles. The summed E-state index contributed by atoms with van der Waals surface area (Å²) in [6.45, 7) is 8.30. The Balaban J connectivity index is 2.22. The number of ether oxygens (including phenoxy) is 1. The molecule has 0 radical (unpaired) electrons. The third-order valence-electron chi connectivity index (χ3n) is 2.76. The Labute approximate surface area is 126 Å². The zero-order valence-corrected chi connectivity index (χ0v) is 13.2. The van der Waals surface area contributed by atoms with Crippen molar-refractivity contribution in [1.82, 2.24) is 15.5 Å². The number of nitrogens with one attached hydrogen (secondary N) is 2. The van der Waals surface area contributed by atoms with E-state index in [1.54, 1.807) is 12.1 Å². The Morgan fingerprint density at radius 2 is 2.05 bits per heavy atom. The lowest BCUT2D eigenvalue weighted by Gasteiger charge is -2.08. The van der Waals surface area contributed by atoms with Crippen molar-refractivity contribution in [2.75, 3.05) is 25.0 Å². The monoisotopic (exact) mass is 294 g/mol. The second kappa shape index (κ2) is 10.1. The van der Waals surface area contributed by atoms with Gasteiger partial charge in [-0.2, -0.15) is 0 Å². The molecule has 1 amide bonds. The third kappa shape index (κ3) is 7.60. The van der Waals surface area contributed by atoms with Gasteiger partial charge in [-0.15, -0.1) is 10.2 Å². The van der Waals surface area contributed by atoms with Gasteiger partial charge in [-0.05, 0) is 45.2 Å². The highest BCUT2D eigenvalue weighted by Crippen LogP contribution is 2.02. The fourth-order valence-corrected chi connectivity index (χ4v) is 1.64. The molecule has 0 saturated carbocycles. The molecule has 0 aromatic carbocycles. The van der Waals surface area contributed by atoms with Crippen LogP contribution in [0.25, 0.3) is 0 Å². The molecule has 0 fully saturated rings. The van der Waals surface area contributed by atoms with Crippen molar-refractivity contribution >= 4 is 11.7 Å². The van der Waals surface area contributed by atoms with Crippen LogP contribution in [0.5, 0.6) is 0 Å². The zero-order valence-electron chi connectivity index (χ0n) is 13.2. The maximum atomic E-state index is 11.8. The summed E-state index contributed by atoms with van der Waals surface area (Å²) in [5.74, 6) is 0.508. The van der Waals surface area contributed by atoms with Crippen LogP contribution in [0.1, 0.15) is 50.5 Å². The van der Waals surface area contributed by atoms with Gasteiger partial charge in [0.2, 0.25) is 0 Å². The van der Waals surface area contributed by atoms with E-state index in [0.29, 0.717) is 18.1 Å². The van der Waals surface area contributed by atoms with Crippen molar-refractivity contribution in [2.24, 2.45) is 0 Å². The van der Waals surface area contributed by atoms with Crippen LogP contribution in [0.3, 0.4) is 0 Å². The van der Waals surface area contributed by atoms with Crippen LogP contribution in [0.15, 0.2) is 12.1 Å². The minimum atomic E-state index is -0.186. The topological polar surface area (TPSA) is 76.1 Å². The first-order chi connectivity index (χ1) is 10.1. The molecule has 0 unspecified atom stereocenters. The summed E-state index contributed by atoms with van der Waals surface area (Å²) in [6, 6.07) is 3.45. The molecule has 1 aromatic heterocycles. The van der Waals surface area contributed by atoms with Crippen LogP contribution in [0.2, 0.25) is 0 Å². The quantitative estimate of drug-likeness (QED) is 0.647. The largest absolute Gasteiger partial charge is 0.379 e. The minimum absolute atomic E-state index is 0.186. The van der Waals surface area contributed by atoms with Crippen molar-refractivity contribution in [3.05, 3.63) is 17.8 Å². The summed E-state index contributed by atoms with van der Waals surface area (Å²) in [5, 5.41) is 13.8. The summed E-state index contributed by atoms with van der Waals surface area (Å²) >= 11 is 0. The van der Waals surface area contributed by atoms with Crippen molar-refractivity contribution < 1.29 is 9.53 Å². The fourth-order valence-electron chi connectivity index (χ4n) is 1.64. The first kappa shape index (κ1) is 17.4. The molecule has 21 heavy (non-hydrogen) atoms. The van der Waals surface area contributed by atoms with Gasteiger partial charge in [0.05, 0.1) is 6.10 Å². The van der Waals surface area contributed by atoms with E-state index in [4.69, 9.17) is 4.74 Å². The molecule has 1 rings (SSSR count). The molecule has 6 heteroatoms. The molecule has 0 aliphatic carbocycles. The van der Waals surface area contributed by atoms with E-state index in [9.17, 15) is 4.79 Å². The maximum Gasteiger partial charge on any atom is 0.271 e. The number of hydrogen-bond acceptors (Lipinski definition) is 5. The highest BCUT2D eigenvalue weighted by molar-refractivity contribution is 5.92. The number of hydrogen-bond donors (Lipinski definition) is 2. The number of nitrogens with zero attached hydrogens (tertiary/aromatic N) is 2. The van der Waals surface area contributed by atoms with E-state index in [1.165, 1.54) is 0 Å². The van der Waals surface area contributed by atoms with Crippen molar-refractivity contribution in [2.45, 2.75) is 46.1 Å². The summed E-state index contributed by atoms with van der Waals surface area (Å²) in [5.41, 5.74) is 0.343.